The number of phenols is 1. The summed E-state index contributed by atoms with van der Waals surface area (Å²) in [7, 11) is 0. The molecule has 2 N–H and O–H groups in total. The zero-order valence-electron chi connectivity index (χ0n) is 11.7. The molecule has 0 atom stereocenters. The Morgan fingerprint density at radius 1 is 1.09 bits per heavy atom. The minimum absolute atomic E-state index is 0.0666. The predicted molar refractivity (Wildman–Crippen MR) is 91.9 cm³/mol. The smallest absolute Gasteiger partial charge is 0.271 e. The standard InChI is InChI=1S/C16H11Cl3N2O2/c17-9-3-1-8(2-4-9)16(23)21-20-13-6-5-10-11(18)7-12(19)15(22)14(10)13/h1-4,7,22H,5-6H2,(H,21,23)/b20-13+. The third-order valence-electron chi connectivity index (χ3n) is 3.61. The fourth-order valence-electron chi connectivity index (χ4n) is 2.47. The molecule has 7 heteroatoms. The molecule has 0 radical (unpaired) electrons. The van der Waals surface area contributed by atoms with Crippen LogP contribution >= 0.6 is 34.8 Å². The lowest BCUT2D eigenvalue weighted by molar-refractivity contribution is 0.0955. The van der Waals surface area contributed by atoms with Crippen molar-refractivity contribution in [3.8, 4) is 5.75 Å². The summed E-state index contributed by atoms with van der Waals surface area (Å²) in [5.74, 6) is -0.432. The van der Waals surface area contributed by atoms with Crippen molar-refractivity contribution in [1.29, 1.82) is 0 Å². The van der Waals surface area contributed by atoms with Crippen LogP contribution in [0.5, 0.6) is 5.75 Å². The molecule has 118 valence electrons. The molecule has 23 heavy (non-hydrogen) atoms. The maximum Gasteiger partial charge on any atom is 0.271 e. The van der Waals surface area contributed by atoms with Crippen LogP contribution < -0.4 is 5.43 Å². The SMILES string of the molecule is O=C(N/N=C1\CCc2c(Cl)cc(Cl)c(O)c21)c1ccc(Cl)cc1. The summed E-state index contributed by atoms with van der Waals surface area (Å²) in [4.78, 5) is 12.1. The Morgan fingerprint density at radius 3 is 2.48 bits per heavy atom. The molecule has 4 nitrogen and oxygen atoms in total. The second kappa shape index (κ2) is 6.40. The quantitative estimate of drug-likeness (QED) is 0.769. The molecule has 2 aromatic carbocycles. The Balaban J connectivity index is 1.87. The highest BCUT2D eigenvalue weighted by Gasteiger charge is 2.26. The molecule has 1 aliphatic carbocycles. The zero-order chi connectivity index (χ0) is 16.6. The van der Waals surface area contributed by atoms with E-state index < -0.39 is 0 Å². The van der Waals surface area contributed by atoms with Crippen molar-refractivity contribution in [3.05, 3.63) is 62.1 Å². The number of carbonyl (C=O) groups is 1. The van der Waals surface area contributed by atoms with E-state index in [1.807, 2.05) is 0 Å². The topological polar surface area (TPSA) is 61.7 Å². The Hall–Kier alpha value is -1.75. The highest BCUT2D eigenvalue weighted by molar-refractivity contribution is 6.37. The lowest BCUT2D eigenvalue weighted by atomic mass is 10.1. The van der Waals surface area contributed by atoms with E-state index in [0.29, 0.717) is 39.7 Å². The van der Waals surface area contributed by atoms with Crippen molar-refractivity contribution >= 4 is 46.4 Å². The van der Waals surface area contributed by atoms with Gasteiger partial charge in [-0.3, -0.25) is 4.79 Å². The number of hydrazone groups is 1. The summed E-state index contributed by atoms with van der Waals surface area (Å²) in [5.41, 5.74) is 4.74. The normalized spacial score (nSPS) is 14.8. The molecule has 0 spiro atoms. The van der Waals surface area contributed by atoms with Gasteiger partial charge in [-0.05, 0) is 48.7 Å². The van der Waals surface area contributed by atoms with Crippen LogP contribution in [-0.2, 0) is 6.42 Å². The van der Waals surface area contributed by atoms with Gasteiger partial charge in [0.05, 0.1) is 10.7 Å². The van der Waals surface area contributed by atoms with Gasteiger partial charge in [-0.2, -0.15) is 5.10 Å². The van der Waals surface area contributed by atoms with Gasteiger partial charge < -0.3 is 5.11 Å². The van der Waals surface area contributed by atoms with Crippen LogP contribution in [0.4, 0.5) is 0 Å². The van der Waals surface area contributed by atoms with Gasteiger partial charge in [-0.25, -0.2) is 5.43 Å². The molecule has 1 amide bonds. The highest BCUT2D eigenvalue weighted by atomic mass is 35.5. The number of hydrogen-bond acceptors (Lipinski definition) is 3. The minimum atomic E-state index is -0.366. The second-order valence-electron chi connectivity index (χ2n) is 5.05. The molecule has 0 aliphatic heterocycles. The number of aromatic hydroxyl groups is 1. The number of rotatable bonds is 2. The lowest BCUT2D eigenvalue weighted by Crippen LogP contribution is -2.19. The molecule has 0 bridgehead atoms. The molecule has 0 saturated carbocycles. The highest BCUT2D eigenvalue weighted by Crippen LogP contribution is 2.40. The van der Waals surface area contributed by atoms with Crippen molar-refractivity contribution < 1.29 is 9.90 Å². The monoisotopic (exact) mass is 368 g/mol. The van der Waals surface area contributed by atoms with E-state index in [1.165, 1.54) is 6.07 Å². The first-order chi connectivity index (χ1) is 11.0. The van der Waals surface area contributed by atoms with Crippen molar-refractivity contribution in [2.75, 3.05) is 0 Å². The molecular formula is C16H11Cl3N2O2. The molecule has 0 fully saturated rings. The number of nitrogens with one attached hydrogen (secondary N) is 1. The molecule has 0 heterocycles. The zero-order valence-corrected chi connectivity index (χ0v) is 14.0. The van der Waals surface area contributed by atoms with Gasteiger partial charge in [0.2, 0.25) is 0 Å². The molecule has 0 unspecified atom stereocenters. The van der Waals surface area contributed by atoms with Gasteiger partial charge in [0, 0.05) is 21.2 Å². The van der Waals surface area contributed by atoms with E-state index in [9.17, 15) is 9.90 Å². The van der Waals surface area contributed by atoms with Crippen LogP contribution in [-0.4, -0.2) is 16.7 Å². The Labute approximate surface area is 147 Å². The summed E-state index contributed by atoms with van der Waals surface area (Å²) < 4.78 is 0. The van der Waals surface area contributed by atoms with E-state index in [0.717, 1.165) is 5.56 Å². The average Bonchev–Trinajstić information content (AvgIpc) is 2.96. The Morgan fingerprint density at radius 2 is 1.78 bits per heavy atom. The summed E-state index contributed by atoms with van der Waals surface area (Å²) in [5, 5.41) is 15.4. The minimum Gasteiger partial charge on any atom is -0.506 e. The van der Waals surface area contributed by atoms with Crippen molar-refractivity contribution in [1.82, 2.24) is 5.43 Å². The van der Waals surface area contributed by atoms with Crippen molar-refractivity contribution in [3.63, 3.8) is 0 Å². The number of carbonyl (C=O) groups excluding carboxylic acids is 1. The van der Waals surface area contributed by atoms with Gasteiger partial charge in [-0.1, -0.05) is 34.8 Å². The summed E-state index contributed by atoms with van der Waals surface area (Å²) >= 11 is 17.9. The first kappa shape index (κ1) is 16.1. The van der Waals surface area contributed by atoms with E-state index in [-0.39, 0.29) is 16.7 Å². The van der Waals surface area contributed by atoms with Crippen molar-refractivity contribution in [2.45, 2.75) is 12.8 Å². The number of fused-ring (bicyclic) bond motifs is 1. The van der Waals surface area contributed by atoms with Gasteiger partial charge in [0.25, 0.3) is 5.91 Å². The molecular weight excluding hydrogens is 359 g/mol. The third-order valence-corrected chi connectivity index (χ3v) is 4.48. The number of amides is 1. The maximum atomic E-state index is 12.1. The number of nitrogens with zero attached hydrogens (tertiary/aromatic N) is 1. The van der Waals surface area contributed by atoms with E-state index in [1.54, 1.807) is 24.3 Å². The molecule has 0 saturated heterocycles. The van der Waals surface area contributed by atoms with Crippen LogP contribution in [0.25, 0.3) is 0 Å². The summed E-state index contributed by atoms with van der Waals surface area (Å²) in [6.45, 7) is 0. The van der Waals surface area contributed by atoms with Crippen LogP contribution in [0.2, 0.25) is 15.1 Å². The number of phenolic OH excluding ortho intramolecular Hbond substituents is 1. The number of hydrogen-bond donors (Lipinski definition) is 2. The fourth-order valence-corrected chi connectivity index (χ4v) is 3.15. The van der Waals surface area contributed by atoms with Gasteiger partial charge in [-0.15, -0.1) is 0 Å². The average molecular weight is 370 g/mol. The van der Waals surface area contributed by atoms with E-state index in [2.05, 4.69) is 10.5 Å². The molecule has 3 rings (SSSR count). The third kappa shape index (κ3) is 3.15. The van der Waals surface area contributed by atoms with Crippen LogP contribution in [0.1, 0.15) is 27.9 Å². The van der Waals surface area contributed by atoms with E-state index >= 15 is 0 Å². The van der Waals surface area contributed by atoms with Crippen LogP contribution in [0, 0.1) is 0 Å². The van der Waals surface area contributed by atoms with E-state index in [4.69, 9.17) is 34.8 Å². The van der Waals surface area contributed by atoms with Gasteiger partial charge in [0.1, 0.15) is 5.75 Å². The first-order valence-corrected chi connectivity index (χ1v) is 7.93. The van der Waals surface area contributed by atoms with Gasteiger partial charge in [0.15, 0.2) is 0 Å². The van der Waals surface area contributed by atoms with Gasteiger partial charge >= 0.3 is 0 Å². The van der Waals surface area contributed by atoms with Crippen LogP contribution in [0.3, 0.4) is 0 Å². The first-order valence-electron chi connectivity index (χ1n) is 6.80. The molecule has 1 aliphatic rings. The van der Waals surface area contributed by atoms with Crippen molar-refractivity contribution in [2.24, 2.45) is 5.10 Å². The molecule has 2 aromatic rings. The Kier molecular flexibility index (Phi) is 4.48. The number of benzene rings is 2. The Bertz CT molecular complexity index is 817. The predicted octanol–water partition coefficient (Wildman–Crippen LogP) is 4.43. The van der Waals surface area contributed by atoms with Crippen LogP contribution in [0.15, 0.2) is 35.4 Å². The fraction of sp³-hybridized carbons (Fsp3) is 0.125. The summed E-state index contributed by atoms with van der Waals surface area (Å²) in [6.07, 6.45) is 1.19. The maximum absolute atomic E-state index is 12.1. The largest absolute Gasteiger partial charge is 0.506 e. The lowest BCUT2D eigenvalue weighted by Gasteiger charge is -2.08. The molecule has 0 aromatic heterocycles. The number of halogens is 3. The second-order valence-corrected chi connectivity index (χ2v) is 6.30. The summed E-state index contributed by atoms with van der Waals surface area (Å²) in [6, 6.07) is 7.96.